The molecule has 8 heteroatoms. The van der Waals surface area contributed by atoms with Gasteiger partial charge in [0.2, 0.25) is 0 Å². The zero-order valence-electron chi connectivity index (χ0n) is 3.47. The molecule has 0 radical (unpaired) electrons. The van der Waals surface area contributed by atoms with Crippen LogP contribution in [0.3, 0.4) is 0 Å². The van der Waals surface area contributed by atoms with Gasteiger partial charge in [-0.3, -0.25) is 0 Å². The molecule has 0 spiro atoms. The predicted molar refractivity (Wildman–Crippen MR) is 29.2 cm³/mol. The van der Waals surface area contributed by atoms with Crippen LogP contribution >= 0.6 is 35.7 Å². The third-order valence-electron chi connectivity index (χ3n) is 0. The molecule has 48 valence electrons. The van der Waals surface area contributed by atoms with E-state index in [-0.39, 0.29) is 44.3 Å². The Morgan fingerprint density at radius 2 is 0.750 bits per heavy atom. The Morgan fingerprint density at radius 3 is 0.750 bits per heavy atom. The summed E-state index contributed by atoms with van der Waals surface area (Å²) in [6.07, 6.45) is 0. The summed E-state index contributed by atoms with van der Waals surface area (Å²) in [6, 6.07) is 0. The van der Waals surface area contributed by atoms with E-state index >= 15 is 0 Å². The van der Waals surface area contributed by atoms with Crippen molar-refractivity contribution in [1.29, 1.82) is 0 Å². The second-order valence-electron chi connectivity index (χ2n) is 0.429. The van der Waals surface area contributed by atoms with Gasteiger partial charge in [0.1, 0.15) is 0 Å². The smallest absolute Gasteiger partial charge is 2.00 e. The van der Waals surface area contributed by atoms with Crippen molar-refractivity contribution in [3.63, 3.8) is 0 Å². The number of hydrogen-bond donors (Lipinski definition) is 0. The van der Waals surface area contributed by atoms with Crippen LogP contribution in [-0.4, -0.2) is 13.9 Å². The van der Waals surface area contributed by atoms with Crippen molar-refractivity contribution in [3.8, 4) is 0 Å². The third kappa shape index (κ3) is 61.0. The SMILES string of the molecule is [Cl-].[Cl-].[Cl][Sn]([Cl])([Cl])[Cl].[Zn+2]. The van der Waals surface area contributed by atoms with E-state index in [1.165, 1.54) is 0 Å². The van der Waals surface area contributed by atoms with Crippen LogP contribution in [0.15, 0.2) is 0 Å². The van der Waals surface area contributed by atoms with Crippen molar-refractivity contribution in [3.05, 3.63) is 0 Å². The van der Waals surface area contributed by atoms with Crippen LogP contribution < -0.4 is 24.8 Å². The maximum Gasteiger partial charge on any atom is 2.00 e. The van der Waals surface area contributed by atoms with Crippen molar-refractivity contribution in [2.24, 2.45) is 0 Å². The summed E-state index contributed by atoms with van der Waals surface area (Å²) in [5.74, 6) is 0. The number of halogens is 6. The van der Waals surface area contributed by atoms with E-state index in [0.717, 1.165) is 0 Å². The van der Waals surface area contributed by atoms with Crippen LogP contribution in [0.5, 0.6) is 0 Å². The van der Waals surface area contributed by atoms with E-state index in [4.69, 9.17) is 35.7 Å². The molecule has 0 saturated carbocycles. The van der Waals surface area contributed by atoms with Gasteiger partial charge in [0.25, 0.3) is 0 Å². The van der Waals surface area contributed by atoms with Crippen LogP contribution in [0, 0.1) is 0 Å². The van der Waals surface area contributed by atoms with Gasteiger partial charge in [-0.15, -0.1) is 0 Å². The maximum atomic E-state index is 5.04. The Labute approximate surface area is 92.3 Å². The van der Waals surface area contributed by atoms with Gasteiger partial charge in [-0.1, -0.05) is 0 Å². The largest absolute Gasteiger partial charge is 2.00 e. The predicted octanol–water partition coefficient (Wildman–Crippen LogP) is -3.62. The van der Waals surface area contributed by atoms with Gasteiger partial charge >= 0.3 is 69.0 Å². The van der Waals surface area contributed by atoms with Crippen molar-refractivity contribution in [1.82, 2.24) is 0 Å². The molecule has 0 aromatic rings. The molecular weight excluding hydrogens is 397 g/mol. The average Bonchev–Trinajstić information content (AvgIpc) is 0.722. The van der Waals surface area contributed by atoms with Crippen LogP contribution in [0.4, 0.5) is 0 Å². The van der Waals surface area contributed by atoms with Crippen LogP contribution in [-0.2, 0) is 19.5 Å². The molecule has 0 aliphatic rings. The van der Waals surface area contributed by atoms with Crippen molar-refractivity contribution in [2.75, 3.05) is 0 Å². The van der Waals surface area contributed by atoms with E-state index in [9.17, 15) is 0 Å². The molecule has 0 rings (SSSR count). The second-order valence-corrected chi connectivity index (χ2v) is 25.9. The van der Waals surface area contributed by atoms with E-state index < -0.39 is 13.9 Å². The van der Waals surface area contributed by atoms with Gasteiger partial charge in [-0.05, 0) is 0 Å². The summed E-state index contributed by atoms with van der Waals surface area (Å²) in [5.41, 5.74) is 0. The van der Waals surface area contributed by atoms with Crippen LogP contribution in [0.2, 0.25) is 0 Å². The Hall–Kier alpha value is 3.16. The molecular formula is Cl6SnZn. The molecule has 0 nitrogen and oxygen atoms in total. The molecule has 0 saturated heterocycles. The van der Waals surface area contributed by atoms with Gasteiger partial charge < -0.3 is 24.8 Å². The summed E-state index contributed by atoms with van der Waals surface area (Å²) in [6.45, 7) is 0. The fraction of sp³-hybridized carbons (Fsp3) is 0. The van der Waals surface area contributed by atoms with Gasteiger partial charge in [-0.25, -0.2) is 0 Å². The molecule has 0 aromatic heterocycles. The van der Waals surface area contributed by atoms with E-state index in [1.54, 1.807) is 0 Å². The minimum absolute atomic E-state index is 0. The number of rotatable bonds is 0. The summed E-state index contributed by atoms with van der Waals surface area (Å²) in [7, 11) is 20.1. The van der Waals surface area contributed by atoms with E-state index in [2.05, 4.69) is 0 Å². The molecule has 0 fully saturated rings. The summed E-state index contributed by atoms with van der Waals surface area (Å²) in [4.78, 5) is 0. The van der Waals surface area contributed by atoms with E-state index in [0.29, 0.717) is 0 Å². The molecule has 0 bridgehead atoms. The molecule has 0 aromatic carbocycles. The minimum Gasteiger partial charge on any atom is 2.00 e. The fourth-order valence-corrected chi connectivity index (χ4v) is 0. The molecule has 0 atom stereocenters. The second kappa shape index (κ2) is 10.2. The zero-order chi connectivity index (χ0) is 4.50. The van der Waals surface area contributed by atoms with Gasteiger partial charge in [-0.2, -0.15) is 0 Å². The molecule has 0 aliphatic carbocycles. The standard InChI is InChI=1S/6ClH.Sn.Zn/h6*1H;;/q;;;;;;+4;+2/p-6. The number of hydrogen-bond acceptors (Lipinski definition) is 0. The van der Waals surface area contributed by atoms with Crippen LogP contribution in [0.25, 0.3) is 0 Å². The first kappa shape index (κ1) is 22.5. The Kier molecular flexibility index (Phi) is 28.5. The topological polar surface area (TPSA) is 0 Å². The van der Waals surface area contributed by atoms with Gasteiger partial charge in [0.15, 0.2) is 0 Å². The Balaban J connectivity index is -0.0000000267. The quantitative estimate of drug-likeness (QED) is 0.371. The average molecular weight is 397 g/mol. The maximum absolute atomic E-state index is 5.04. The van der Waals surface area contributed by atoms with Crippen molar-refractivity contribution in [2.45, 2.75) is 0 Å². The first-order chi connectivity index (χ1) is 2.00. The molecule has 0 unspecified atom stereocenters. The van der Waals surface area contributed by atoms with E-state index in [1.807, 2.05) is 0 Å². The Morgan fingerprint density at radius 1 is 0.750 bits per heavy atom. The zero-order valence-corrected chi connectivity index (χ0v) is 13.8. The van der Waals surface area contributed by atoms with Crippen molar-refractivity contribution >= 4 is 49.6 Å². The van der Waals surface area contributed by atoms with Gasteiger partial charge in [0.05, 0.1) is 0 Å². The Bertz CT molecular complexity index is 24.0. The molecule has 0 heterocycles. The van der Waals surface area contributed by atoms with Gasteiger partial charge in [0, 0.05) is 0 Å². The first-order valence-electron chi connectivity index (χ1n) is 0.756. The molecule has 0 aliphatic heterocycles. The summed E-state index contributed by atoms with van der Waals surface area (Å²) in [5, 5.41) is 0. The fourth-order valence-electron chi connectivity index (χ4n) is 0. The third-order valence-corrected chi connectivity index (χ3v) is 0. The first-order valence-corrected chi connectivity index (χ1v) is 15.2. The van der Waals surface area contributed by atoms with Crippen LogP contribution in [0.1, 0.15) is 0 Å². The molecule has 8 heavy (non-hydrogen) atoms. The minimum atomic E-state index is -3.29. The summed E-state index contributed by atoms with van der Waals surface area (Å²) < 4.78 is 0. The molecule has 0 amide bonds. The summed E-state index contributed by atoms with van der Waals surface area (Å²) >= 11 is -3.29. The molecule has 0 N–H and O–H groups in total. The monoisotopic (exact) mass is 394 g/mol. The van der Waals surface area contributed by atoms with Crippen molar-refractivity contribution < 1.29 is 44.3 Å². The normalized spacial score (nSPS) is 7.50.